The average molecular weight is 437 g/mol. The van der Waals surface area contributed by atoms with Gasteiger partial charge in [-0.3, -0.25) is 4.98 Å². The highest BCUT2D eigenvalue weighted by Crippen LogP contribution is 2.41. The molecule has 12 heteroatoms. The molecule has 29 heavy (non-hydrogen) atoms. The Balaban J connectivity index is 1.86. The van der Waals surface area contributed by atoms with Crippen molar-refractivity contribution >= 4 is 9.84 Å². The minimum Gasteiger partial charge on any atom is -0.470 e. The van der Waals surface area contributed by atoms with Crippen LogP contribution >= 0.6 is 0 Å². The molecule has 1 aliphatic rings. The van der Waals surface area contributed by atoms with E-state index in [4.69, 9.17) is 0 Å². The molecule has 0 radical (unpaired) electrons. The van der Waals surface area contributed by atoms with Crippen molar-refractivity contribution in [2.45, 2.75) is 42.7 Å². The largest absolute Gasteiger partial charge is 0.470 e. The number of alkyl halides is 5. The van der Waals surface area contributed by atoms with Crippen molar-refractivity contribution in [1.82, 2.24) is 15.2 Å². The van der Waals surface area contributed by atoms with Crippen molar-refractivity contribution in [3.63, 3.8) is 0 Å². The van der Waals surface area contributed by atoms with E-state index in [1.165, 1.54) is 25.3 Å². The van der Waals surface area contributed by atoms with Crippen LogP contribution in [0.5, 0.6) is 5.88 Å². The summed E-state index contributed by atoms with van der Waals surface area (Å²) in [4.78, 5) is 4.15. The minimum absolute atomic E-state index is 0.0225. The molecule has 0 unspecified atom stereocenters. The lowest BCUT2D eigenvalue weighted by molar-refractivity contribution is -0.290. The van der Waals surface area contributed by atoms with Gasteiger partial charge in [-0.15, -0.1) is 10.2 Å². The summed E-state index contributed by atoms with van der Waals surface area (Å²) >= 11 is 0. The van der Waals surface area contributed by atoms with Gasteiger partial charge in [0.2, 0.25) is 5.88 Å². The summed E-state index contributed by atoms with van der Waals surface area (Å²) in [5.41, 5.74) is 0.841. The van der Waals surface area contributed by atoms with E-state index >= 15 is 0 Å². The molecule has 0 amide bonds. The molecular weight excluding hydrogens is 421 g/mol. The Labute approximate surface area is 163 Å². The number of nitrogens with zero attached hydrogens (tertiary/aromatic N) is 3. The zero-order valence-electron chi connectivity index (χ0n) is 15.1. The van der Waals surface area contributed by atoms with Crippen LogP contribution in [0.1, 0.15) is 31.2 Å². The summed E-state index contributed by atoms with van der Waals surface area (Å²) in [6.45, 7) is -0.472. The summed E-state index contributed by atoms with van der Waals surface area (Å²) in [5, 5.41) is 7.13. The van der Waals surface area contributed by atoms with E-state index in [9.17, 15) is 30.4 Å². The molecule has 0 atom stereocenters. The summed E-state index contributed by atoms with van der Waals surface area (Å²) in [7, 11) is -3.65. The molecule has 0 aromatic carbocycles. The maximum atomic E-state index is 12.9. The Bertz CT molecular complexity index is 990. The molecule has 0 saturated heterocycles. The maximum absolute atomic E-state index is 12.9. The number of sulfone groups is 1. The molecule has 1 fully saturated rings. The number of rotatable bonds is 7. The van der Waals surface area contributed by atoms with Crippen LogP contribution in [0.2, 0.25) is 0 Å². The molecule has 158 valence electrons. The quantitative estimate of drug-likeness (QED) is 0.613. The number of pyridine rings is 1. The van der Waals surface area contributed by atoms with Crippen LogP contribution in [-0.4, -0.2) is 48.1 Å². The van der Waals surface area contributed by atoms with Gasteiger partial charge in [0, 0.05) is 12.3 Å². The van der Waals surface area contributed by atoms with Gasteiger partial charge < -0.3 is 4.74 Å². The van der Waals surface area contributed by atoms with Crippen molar-refractivity contribution in [1.29, 1.82) is 0 Å². The number of aromatic nitrogens is 3. The van der Waals surface area contributed by atoms with Crippen molar-refractivity contribution in [3.05, 3.63) is 30.0 Å². The van der Waals surface area contributed by atoms with Crippen LogP contribution in [0.25, 0.3) is 11.4 Å². The topological polar surface area (TPSA) is 82.0 Å². The first-order chi connectivity index (χ1) is 13.4. The van der Waals surface area contributed by atoms with Gasteiger partial charge >= 0.3 is 12.1 Å². The number of halogens is 5. The Kier molecular flexibility index (Phi) is 5.50. The predicted molar refractivity (Wildman–Crippen MR) is 91.5 cm³/mol. The molecule has 0 spiro atoms. The molecule has 1 aliphatic carbocycles. The third-order valence-corrected chi connectivity index (χ3v) is 6.08. The van der Waals surface area contributed by atoms with E-state index in [-0.39, 0.29) is 28.0 Å². The van der Waals surface area contributed by atoms with Crippen LogP contribution in [-0.2, 0) is 9.84 Å². The molecule has 1 saturated carbocycles. The van der Waals surface area contributed by atoms with Gasteiger partial charge in [0.1, 0.15) is 11.4 Å². The van der Waals surface area contributed by atoms with Gasteiger partial charge in [0.25, 0.3) is 0 Å². The molecule has 0 aliphatic heterocycles. The first kappa shape index (κ1) is 21.3. The molecule has 0 N–H and O–H groups in total. The second-order valence-corrected chi connectivity index (χ2v) is 8.79. The first-order valence-electron chi connectivity index (χ1n) is 8.59. The summed E-state index contributed by atoms with van der Waals surface area (Å²) in [6, 6.07) is 3.75. The Morgan fingerprint density at radius 2 is 1.83 bits per heavy atom. The van der Waals surface area contributed by atoms with Crippen molar-refractivity contribution in [2.24, 2.45) is 0 Å². The van der Waals surface area contributed by atoms with E-state index in [1.54, 1.807) is 0 Å². The highest BCUT2D eigenvalue weighted by molar-refractivity contribution is 7.91. The molecule has 0 bridgehead atoms. The van der Waals surface area contributed by atoms with E-state index < -0.39 is 34.4 Å². The fraction of sp³-hybridized carbons (Fsp3) is 0.471. The average Bonchev–Trinajstić information content (AvgIpc) is 3.51. The van der Waals surface area contributed by atoms with Gasteiger partial charge in [-0.2, -0.15) is 22.0 Å². The highest BCUT2D eigenvalue weighted by atomic mass is 32.2. The first-order valence-corrected chi connectivity index (χ1v) is 10.2. The standard InChI is InChI=1S/C17H16F5N3O3S/c1-2-29(26,27)13-7-11(10-3-4-10)8-23-15(13)12-5-6-14(25-24-12)28-9-16(18,19)17(20,21)22/h5-8,10H,2-4,9H2,1H3. The van der Waals surface area contributed by atoms with Crippen LogP contribution in [0.3, 0.4) is 0 Å². The van der Waals surface area contributed by atoms with E-state index in [0.717, 1.165) is 24.5 Å². The molecule has 3 rings (SSSR count). The van der Waals surface area contributed by atoms with E-state index in [0.29, 0.717) is 0 Å². The van der Waals surface area contributed by atoms with Crippen LogP contribution in [0, 0.1) is 0 Å². The molecule has 2 aromatic heterocycles. The van der Waals surface area contributed by atoms with E-state index in [1.807, 2.05) is 0 Å². The summed E-state index contributed by atoms with van der Waals surface area (Å²) in [6.07, 6.45) is -2.32. The van der Waals surface area contributed by atoms with E-state index in [2.05, 4.69) is 19.9 Å². The molecule has 2 heterocycles. The second-order valence-electron chi connectivity index (χ2n) is 6.54. The van der Waals surface area contributed by atoms with Gasteiger partial charge in [-0.25, -0.2) is 8.42 Å². The summed E-state index contributed by atoms with van der Waals surface area (Å²) < 4.78 is 91.7. The number of hydrogen-bond acceptors (Lipinski definition) is 6. The van der Waals surface area contributed by atoms with Gasteiger partial charge in [0.05, 0.1) is 10.6 Å². The molecule has 2 aromatic rings. The third kappa shape index (κ3) is 4.62. The zero-order chi connectivity index (χ0) is 21.4. The zero-order valence-corrected chi connectivity index (χ0v) is 15.9. The van der Waals surface area contributed by atoms with Gasteiger partial charge in [-0.05, 0) is 36.5 Å². The SMILES string of the molecule is CCS(=O)(=O)c1cc(C2CC2)cnc1-c1ccc(OCC(F)(F)C(F)(F)F)nn1. The lowest BCUT2D eigenvalue weighted by atomic mass is 10.1. The fourth-order valence-corrected chi connectivity index (χ4v) is 3.53. The minimum atomic E-state index is -5.75. The normalized spacial score (nSPS) is 15.4. The number of hydrogen-bond donors (Lipinski definition) is 0. The predicted octanol–water partition coefficient (Wildman–Crippen LogP) is 3.79. The van der Waals surface area contributed by atoms with Crippen LogP contribution in [0.4, 0.5) is 22.0 Å². The fourth-order valence-electron chi connectivity index (χ4n) is 2.45. The maximum Gasteiger partial charge on any atom is 0.456 e. The monoisotopic (exact) mass is 437 g/mol. The lowest BCUT2D eigenvalue weighted by Crippen LogP contribution is -2.41. The second kappa shape index (κ2) is 7.47. The highest BCUT2D eigenvalue weighted by Gasteiger charge is 2.58. The Morgan fingerprint density at radius 3 is 2.34 bits per heavy atom. The Morgan fingerprint density at radius 1 is 1.14 bits per heavy atom. The van der Waals surface area contributed by atoms with Crippen molar-refractivity contribution < 1.29 is 35.1 Å². The smallest absolute Gasteiger partial charge is 0.456 e. The summed E-state index contributed by atoms with van der Waals surface area (Å²) in [5.74, 6) is -5.51. The van der Waals surface area contributed by atoms with Gasteiger partial charge in [-0.1, -0.05) is 6.92 Å². The lowest BCUT2D eigenvalue weighted by Gasteiger charge is -2.19. The molecular formula is C17H16F5N3O3S. The van der Waals surface area contributed by atoms with Crippen molar-refractivity contribution in [3.8, 4) is 17.3 Å². The van der Waals surface area contributed by atoms with Gasteiger partial charge in [0.15, 0.2) is 16.4 Å². The van der Waals surface area contributed by atoms with Crippen LogP contribution in [0.15, 0.2) is 29.3 Å². The number of ether oxygens (including phenoxy) is 1. The van der Waals surface area contributed by atoms with Crippen molar-refractivity contribution in [2.75, 3.05) is 12.4 Å². The Hall–Kier alpha value is -2.37. The van der Waals surface area contributed by atoms with Crippen LogP contribution < -0.4 is 4.74 Å². The molecule has 6 nitrogen and oxygen atoms in total. The third-order valence-electron chi connectivity index (χ3n) is 4.34.